The fourth-order valence-electron chi connectivity index (χ4n) is 2.90. The molecule has 0 spiro atoms. The number of halogens is 2. The van der Waals surface area contributed by atoms with Gasteiger partial charge in [-0.2, -0.15) is 0 Å². The molecular weight excluding hydrogens is 323 g/mol. The van der Waals surface area contributed by atoms with E-state index in [2.05, 4.69) is 0 Å². The van der Waals surface area contributed by atoms with Crippen LogP contribution in [-0.4, -0.2) is 59.5 Å². The van der Waals surface area contributed by atoms with Crippen LogP contribution in [-0.2, 0) is 4.79 Å². The molecule has 1 heterocycles. The van der Waals surface area contributed by atoms with E-state index >= 15 is 0 Å². The van der Waals surface area contributed by atoms with Crippen LogP contribution in [0.4, 0.5) is 4.39 Å². The molecule has 0 bridgehead atoms. The SMILES string of the molecule is CN(CC(=O)O)[C@H]1CCCN(C(=O)c2ccc(Cl)cc2F)CC1. The standard InChI is InChI=1S/C16H20ClFN2O3/c1-19(10-15(21)22)12-3-2-7-20(8-6-12)16(23)13-5-4-11(17)9-14(13)18/h4-5,9,12H,2-3,6-8,10H2,1H3,(H,21,22)/t12-/m0/s1. The molecule has 1 aromatic rings. The molecular formula is C16H20ClFN2O3. The number of carbonyl (C=O) groups is 2. The summed E-state index contributed by atoms with van der Waals surface area (Å²) in [5, 5.41) is 9.12. The first-order valence-electron chi connectivity index (χ1n) is 7.55. The lowest BCUT2D eigenvalue weighted by Crippen LogP contribution is -2.37. The van der Waals surface area contributed by atoms with Gasteiger partial charge < -0.3 is 10.0 Å². The van der Waals surface area contributed by atoms with Crippen LogP contribution in [0.15, 0.2) is 18.2 Å². The summed E-state index contributed by atoms with van der Waals surface area (Å²) < 4.78 is 13.9. The van der Waals surface area contributed by atoms with Crippen molar-refractivity contribution < 1.29 is 19.1 Å². The Morgan fingerprint density at radius 1 is 1.39 bits per heavy atom. The number of nitrogens with zero attached hydrogens (tertiary/aromatic N) is 2. The Hall–Kier alpha value is -1.66. The van der Waals surface area contributed by atoms with Crippen LogP contribution in [0.1, 0.15) is 29.6 Å². The summed E-state index contributed by atoms with van der Waals surface area (Å²) in [7, 11) is 1.77. The topological polar surface area (TPSA) is 60.9 Å². The molecule has 0 unspecified atom stereocenters. The molecule has 1 fully saturated rings. The van der Waals surface area contributed by atoms with Crippen molar-refractivity contribution in [2.75, 3.05) is 26.7 Å². The van der Waals surface area contributed by atoms with E-state index in [1.54, 1.807) is 16.8 Å². The molecule has 0 saturated carbocycles. The average molecular weight is 343 g/mol. The van der Waals surface area contributed by atoms with Gasteiger partial charge in [0.1, 0.15) is 5.82 Å². The number of amides is 1. The Bertz CT molecular complexity index is 597. The van der Waals surface area contributed by atoms with Gasteiger partial charge in [0.2, 0.25) is 0 Å². The Balaban J connectivity index is 2.02. The summed E-state index contributed by atoms with van der Waals surface area (Å²) >= 11 is 5.71. The number of carbonyl (C=O) groups excluding carboxylic acids is 1. The molecule has 126 valence electrons. The normalized spacial score (nSPS) is 18.8. The number of carboxylic acid groups (broad SMARTS) is 1. The number of carboxylic acids is 1. The van der Waals surface area contributed by atoms with E-state index in [1.165, 1.54) is 12.1 Å². The first-order chi connectivity index (χ1) is 10.9. The van der Waals surface area contributed by atoms with Crippen molar-refractivity contribution in [1.82, 2.24) is 9.80 Å². The van der Waals surface area contributed by atoms with Crippen LogP contribution in [0.25, 0.3) is 0 Å². The lowest BCUT2D eigenvalue weighted by molar-refractivity contribution is -0.138. The van der Waals surface area contributed by atoms with E-state index in [4.69, 9.17) is 16.7 Å². The lowest BCUT2D eigenvalue weighted by atomic mass is 10.1. The highest BCUT2D eigenvalue weighted by Crippen LogP contribution is 2.20. The van der Waals surface area contributed by atoms with Crippen molar-refractivity contribution in [3.63, 3.8) is 0 Å². The molecule has 1 aromatic carbocycles. The van der Waals surface area contributed by atoms with Gasteiger partial charge >= 0.3 is 5.97 Å². The summed E-state index contributed by atoms with van der Waals surface area (Å²) in [6.45, 7) is 0.998. The second-order valence-electron chi connectivity index (χ2n) is 5.81. The zero-order valence-corrected chi connectivity index (χ0v) is 13.7. The first kappa shape index (κ1) is 17.7. The van der Waals surface area contributed by atoms with Gasteiger partial charge in [-0.25, -0.2) is 4.39 Å². The second-order valence-corrected chi connectivity index (χ2v) is 6.25. The summed E-state index contributed by atoms with van der Waals surface area (Å²) in [5.74, 6) is -1.83. The van der Waals surface area contributed by atoms with E-state index in [-0.39, 0.29) is 29.1 Å². The average Bonchev–Trinajstić information content (AvgIpc) is 2.71. The lowest BCUT2D eigenvalue weighted by Gasteiger charge is -2.25. The van der Waals surface area contributed by atoms with Crippen molar-refractivity contribution in [2.24, 2.45) is 0 Å². The Kier molecular flexibility index (Phi) is 5.96. The third-order valence-corrected chi connectivity index (χ3v) is 4.39. The van der Waals surface area contributed by atoms with E-state index in [0.717, 1.165) is 18.9 Å². The van der Waals surface area contributed by atoms with Gasteiger partial charge in [-0.3, -0.25) is 14.5 Å². The van der Waals surface area contributed by atoms with E-state index in [1.807, 2.05) is 0 Å². The number of likely N-dealkylation sites (tertiary alicyclic amines) is 1. The van der Waals surface area contributed by atoms with E-state index in [0.29, 0.717) is 19.5 Å². The minimum absolute atomic E-state index is 0.0201. The fourth-order valence-corrected chi connectivity index (χ4v) is 3.06. The van der Waals surface area contributed by atoms with Gasteiger partial charge in [0.25, 0.3) is 5.91 Å². The van der Waals surface area contributed by atoms with Crippen LogP contribution in [0, 0.1) is 5.82 Å². The highest BCUT2D eigenvalue weighted by Gasteiger charge is 2.25. The number of benzene rings is 1. The van der Waals surface area contributed by atoms with Crippen LogP contribution in [0.2, 0.25) is 5.02 Å². The van der Waals surface area contributed by atoms with Crippen molar-refractivity contribution in [3.8, 4) is 0 Å². The van der Waals surface area contributed by atoms with Gasteiger partial charge in [-0.1, -0.05) is 11.6 Å². The number of aliphatic carboxylic acids is 1. The van der Waals surface area contributed by atoms with Crippen LogP contribution < -0.4 is 0 Å². The van der Waals surface area contributed by atoms with Crippen LogP contribution in [0.5, 0.6) is 0 Å². The molecule has 0 radical (unpaired) electrons. The minimum atomic E-state index is -0.868. The van der Waals surface area contributed by atoms with E-state index in [9.17, 15) is 14.0 Å². The number of rotatable bonds is 4. The predicted octanol–water partition coefficient (Wildman–Crippen LogP) is 2.49. The third-order valence-electron chi connectivity index (χ3n) is 4.15. The maximum Gasteiger partial charge on any atom is 0.317 e. The zero-order valence-electron chi connectivity index (χ0n) is 13.0. The largest absolute Gasteiger partial charge is 0.480 e. The predicted molar refractivity (Wildman–Crippen MR) is 85.2 cm³/mol. The molecule has 1 atom stereocenters. The molecule has 1 saturated heterocycles. The molecule has 1 aliphatic heterocycles. The van der Waals surface area contributed by atoms with Gasteiger partial charge in [0.05, 0.1) is 12.1 Å². The van der Waals surface area contributed by atoms with Gasteiger partial charge in [-0.15, -0.1) is 0 Å². The molecule has 23 heavy (non-hydrogen) atoms. The molecule has 0 aromatic heterocycles. The Morgan fingerprint density at radius 3 is 2.78 bits per heavy atom. The number of hydrogen-bond donors (Lipinski definition) is 1. The molecule has 7 heteroatoms. The third kappa shape index (κ3) is 4.65. The van der Waals surface area contributed by atoms with E-state index < -0.39 is 11.8 Å². The van der Waals surface area contributed by atoms with Gasteiger partial charge in [0, 0.05) is 24.2 Å². The molecule has 0 aliphatic carbocycles. The van der Waals surface area contributed by atoms with Crippen molar-refractivity contribution >= 4 is 23.5 Å². The number of hydrogen-bond acceptors (Lipinski definition) is 3. The van der Waals surface area contributed by atoms with Crippen LogP contribution in [0.3, 0.4) is 0 Å². The van der Waals surface area contributed by atoms with Crippen molar-refractivity contribution in [3.05, 3.63) is 34.6 Å². The zero-order chi connectivity index (χ0) is 17.0. The Morgan fingerprint density at radius 2 is 2.13 bits per heavy atom. The Labute approximate surface area is 139 Å². The highest BCUT2D eigenvalue weighted by molar-refractivity contribution is 6.30. The molecule has 1 N–H and O–H groups in total. The molecule has 2 rings (SSSR count). The smallest absolute Gasteiger partial charge is 0.317 e. The number of likely N-dealkylation sites (N-methyl/N-ethyl adjacent to an activating group) is 1. The summed E-state index contributed by atoms with van der Waals surface area (Å²) in [6.07, 6.45) is 2.25. The molecule has 1 amide bonds. The highest BCUT2D eigenvalue weighted by atomic mass is 35.5. The maximum absolute atomic E-state index is 13.9. The van der Waals surface area contributed by atoms with Gasteiger partial charge in [0.15, 0.2) is 0 Å². The van der Waals surface area contributed by atoms with Crippen molar-refractivity contribution in [2.45, 2.75) is 25.3 Å². The van der Waals surface area contributed by atoms with Crippen LogP contribution >= 0.6 is 11.6 Å². The van der Waals surface area contributed by atoms with Crippen molar-refractivity contribution in [1.29, 1.82) is 0 Å². The summed E-state index contributed by atoms with van der Waals surface area (Å²) in [6, 6.07) is 4.15. The van der Waals surface area contributed by atoms with Gasteiger partial charge in [-0.05, 0) is 44.5 Å². The molecule has 5 nitrogen and oxygen atoms in total. The fraction of sp³-hybridized carbons (Fsp3) is 0.500. The quantitative estimate of drug-likeness (QED) is 0.913. The maximum atomic E-state index is 13.9. The molecule has 1 aliphatic rings. The first-order valence-corrected chi connectivity index (χ1v) is 7.92. The minimum Gasteiger partial charge on any atom is -0.480 e. The monoisotopic (exact) mass is 342 g/mol. The second kappa shape index (κ2) is 7.75. The summed E-state index contributed by atoms with van der Waals surface area (Å²) in [5.41, 5.74) is 0.0201. The summed E-state index contributed by atoms with van der Waals surface area (Å²) in [4.78, 5) is 26.7.